The van der Waals surface area contributed by atoms with Gasteiger partial charge in [-0.2, -0.15) is 4.31 Å². The number of nitrogens with zero attached hydrogens (tertiary/aromatic N) is 1. The van der Waals surface area contributed by atoms with Crippen LogP contribution in [0.2, 0.25) is 10.0 Å². The second-order valence-corrected chi connectivity index (χ2v) is 14.6. The fourth-order valence-electron chi connectivity index (χ4n) is 5.82. The SMILES string of the molecule is CN(C[C@H](O)CNC(C)(C)CC1Cc2ccccc2C1)S(=O)(=O)c1c(Cl)cc(-c2ccccc2CCC(=O)O)cc1Cl. The summed E-state index contributed by atoms with van der Waals surface area (Å²) in [5, 5.41) is 23.2. The van der Waals surface area contributed by atoms with Crippen LogP contribution in [0.3, 0.4) is 0 Å². The highest BCUT2D eigenvalue weighted by Crippen LogP contribution is 2.37. The van der Waals surface area contributed by atoms with Gasteiger partial charge in [0.2, 0.25) is 10.0 Å². The molecule has 0 unspecified atom stereocenters. The van der Waals surface area contributed by atoms with E-state index in [-0.39, 0.29) is 40.0 Å². The second kappa shape index (κ2) is 13.5. The minimum absolute atomic E-state index is 0.0427. The summed E-state index contributed by atoms with van der Waals surface area (Å²) in [6.45, 7) is 4.28. The van der Waals surface area contributed by atoms with E-state index in [4.69, 9.17) is 28.3 Å². The van der Waals surface area contributed by atoms with Crippen molar-refractivity contribution in [3.63, 3.8) is 0 Å². The van der Waals surface area contributed by atoms with Crippen LogP contribution in [-0.4, -0.2) is 60.7 Å². The van der Waals surface area contributed by atoms with Crippen molar-refractivity contribution in [3.8, 4) is 11.1 Å². The Kier molecular flexibility index (Phi) is 10.4. The molecule has 3 N–H and O–H groups in total. The molecule has 42 heavy (non-hydrogen) atoms. The first-order chi connectivity index (χ1) is 19.8. The van der Waals surface area contributed by atoms with Crippen molar-refractivity contribution >= 4 is 39.2 Å². The number of aliphatic carboxylic acids is 1. The highest BCUT2D eigenvalue weighted by Gasteiger charge is 2.31. The van der Waals surface area contributed by atoms with Gasteiger partial charge in [0.05, 0.1) is 16.1 Å². The number of halogens is 2. The fraction of sp³-hybridized carbons (Fsp3) is 0.406. The number of aliphatic hydroxyl groups excluding tert-OH is 1. The number of rotatable bonds is 13. The van der Waals surface area contributed by atoms with Gasteiger partial charge in [-0.3, -0.25) is 4.79 Å². The minimum atomic E-state index is -4.13. The molecule has 0 fully saturated rings. The third-order valence-corrected chi connectivity index (χ3v) is 10.6. The Labute approximate surface area is 258 Å². The summed E-state index contributed by atoms with van der Waals surface area (Å²) in [6.07, 6.45) is 2.32. The van der Waals surface area contributed by atoms with Crippen molar-refractivity contribution in [1.29, 1.82) is 0 Å². The summed E-state index contributed by atoms with van der Waals surface area (Å²) in [4.78, 5) is 10.9. The first-order valence-corrected chi connectivity index (χ1v) is 16.2. The van der Waals surface area contributed by atoms with Gasteiger partial charge in [0.1, 0.15) is 4.90 Å². The predicted octanol–water partition coefficient (Wildman–Crippen LogP) is 5.83. The molecule has 1 aliphatic rings. The van der Waals surface area contributed by atoms with Crippen LogP contribution in [0.15, 0.2) is 65.6 Å². The molecule has 0 bridgehead atoms. The lowest BCUT2D eigenvalue weighted by atomic mass is 9.88. The Balaban J connectivity index is 1.40. The summed E-state index contributed by atoms with van der Waals surface area (Å²) < 4.78 is 28.1. The number of benzene rings is 3. The standard InChI is InChI=1S/C32H38Cl2N2O5S/c1-32(2,18-21-14-23-9-4-5-10-24(23)15-21)35-19-26(37)20-36(3)42(40,41)31-28(33)16-25(17-29(31)34)27-11-7-6-8-22(27)12-13-30(38)39/h4-11,16-17,21,26,35,37H,12-15,18-20H2,1-3H3,(H,38,39)/t26-/m1/s1. The predicted molar refractivity (Wildman–Crippen MR) is 168 cm³/mol. The highest BCUT2D eigenvalue weighted by atomic mass is 35.5. The molecule has 10 heteroatoms. The summed E-state index contributed by atoms with van der Waals surface area (Å²) in [5.41, 5.74) is 4.66. The highest BCUT2D eigenvalue weighted by molar-refractivity contribution is 7.89. The van der Waals surface area contributed by atoms with Crippen LogP contribution in [0, 0.1) is 5.92 Å². The average molecular weight is 634 g/mol. The summed E-state index contributed by atoms with van der Waals surface area (Å²) in [6, 6.07) is 18.8. The molecule has 0 saturated carbocycles. The molecule has 0 aromatic heterocycles. The van der Waals surface area contributed by atoms with Gasteiger partial charge in [-0.1, -0.05) is 71.7 Å². The number of fused-ring (bicyclic) bond motifs is 1. The van der Waals surface area contributed by atoms with E-state index < -0.39 is 22.1 Å². The maximum Gasteiger partial charge on any atom is 0.303 e. The summed E-state index contributed by atoms with van der Waals surface area (Å²) >= 11 is 13.0. The lowest BCUT2D eigenvalue weighted by Crippen LogP contribution is -2.47. The quantitative estimate of drug-likeness (QED) is 0.219. The van der Waals surface area contributed by atoms with Crippen LogP contribution >= 0.6 is 23.2 Å². The van der Waals surface area contributed by atoms with Gasteiger partial charge in [0.25, 0.3) is 0 Å². The molecule has 226 valence electrons. The van der Waals surface area contributed by atoms with Gasteiger partial charge < -0.3 is 15.5 Å². The zero-order valence-electron chi connectivity index (χ0n) is 24.1. The normalized spacial score (nSPS) is 14.7. The minimum Gasteiger partial charge on any atom is -0.481 e. The van der Waals surface area contributed by atoms with Gasteiger partial charge in [-0.25, -0.2) is 8.42 Å². The number of carboxylic acids is 1. The number of hydrogen-bond acceptors (Lipinski definition) is 5. The van der Waals surface area contributed by atoms with Crippen molar-refractivity contribution in [2.45, 2.75) is 62.5 Å². The number of carboxylic acid groups (broad SMARTS) is 1. The molecule has 4 rings (SSSR count). The zero-order chi connectivity index (χ0) is 30.7. The molecule has 0 heterocycles. The molecular weight excluding hydrogens is 595 g/mol. The first-order valence-electron chi connectivity index (χ1n) is 14.0. The average Bonchev–Trinajstić information content (AvgIpc) is 3.32. The van der Waals surface area contributed by atoms with Gasteiger partial charge >= 0.3 is 5.97 Å². The molecule has 1 aliphatic carbocycles. The van der Waals surface area contributed by atoms with E-state index in [1.165, 1.54) is 30.3 Å². The monoisotopic (exact) mass is 632 g/mol. The maximum absolute atomic E-state index is 13.5. The first kappa shape index (κ1) is 32.5. The Morgan fingerprint density at radius 1 is 1.05 bits per heavy atom. The van der Waals surface area contributed by atoms with E-state index in [0.29, 0.717) is 17.9 Å². The third kappa shape index (κ3) is 7.92. The Morgan fingerprint density at radius 2 is 1.62 bits per heavy atom. The lowest BCUT2D eigenvalue weighted by molar-refractivity contribution is -0.136. The molecule has 3 aromatic carbocycles. The number of aliphatic hydroxyl groups is 1. The van der Waals surface area contributed by atoms with E-state index in [1.807, 2.05) is 24.3 Å². The largest absolute Gasteiger partial charge is 0.481 e. The molecule has 0 aliphatic heterocycles. The smallest absolute Gasteiger partial charge is 0.303 e. The zero-order valence-corrected chi connectivity index (χ0v) is 26.4. The maximum atomic E-state index is 13.5. The number of aryl methyl sites for hydroxylation is 1. The van der Waals surface area contributed by atoms with Gasteiger partial charge in [0.15, 0.2) is 0 Å². The van der Waals surface area contributed by atoms with E-state index in [1.54, 1.807) is 0 Å². The molecule has 1 atom stereocenters. The fourth-order valence-corrected chi connectivity index (χ4v) is 8.18. The Hall–Kier alpha value is -2.46. The lowest BCUT2D eigenvalue weighted by Gasteiger charge is -2.31. The number of sulfonamides is 1. The van der Waals surface area contributed by atoms with Crippen LogP contribution in [0.5, 0.6) is 0 Å². The van der Waals surface area contributed by atoms with Crippen molar-refractivity contribution in [2.75, 3.05) is 20.1 Å². The summed E-state index contributed by atoms with van der Waals surface area (Å²) in [7, 11) is -2.73. The molecule has 0 spiro atoms. The molecular formula is C32H38Cl2N2O5S. The van der Waals surface area contributed by atoms with Gasteiger partial charge in [-0.05, 0) is 85.4 Å². The van der Waals surface area contributed by atoms with Gasteiger partial charge in [-0.15, -0.1) is 0 Å². The third-order valence-electron chi connectivity index (χ3n) is 7.82. The topological polar surface area (TPSA) is 107 Å². The molecule has 7 nitrogen and oxygen atoms in total. The number of nitrogens with one attached hydrogen (secondary N) is 1. The van der Waals surface area contributed by atoms with Crippen molar-refractivity contribution in [3.05, 3.63) is 87.4 Å². The van der Waals surface area contributed by atoms with E-state index >= 15 is 0 Å². The number of carbonyl (C=O) groups is 1. The van der Waals surface area contributed by atoms with E-state index in [0.717, 1.165) is 34.7 Å². The number of likely N-dealkylation sites (N-methyl/N-ethyl adjacent to an activating group) is 1. The van der Waals surface area contributed by atoms with Gasteiger partial charge in [0, 0.05) is 32.1 Å². The van der Waals surface area contributed by atoms with E-state index in [9.17, 15) is 18.3 Å². The van der Waals surface area contributed by atoms with Crippen molar-refractivity contribution in [1.82, 2.24) is 9.62 Å². The Bertz CT molecular complexity index is 1500. The molecule has 0 saturated heterocycles. The van der Waals surface area contributed by atoms with Crippen molar-refractivity contribution < 1.29 is 23.4 Å². The van der Waals surface area contributed by atoms with Crippen LogP contribution in [0.4, 0.5) is 0 Å². The van der Waals surface area contributed by atoms with E-state index in [2.05, 4.69) is 43.4 Å². The number of β-amino-alcohol motifs (C(OH)–C–C–N with tert-alkyl or cyclic N) is 1. The Morgan fingerprint density at radius 3 is 2.21 bits per heavy atom. The van der Waals surface area contributed by atoms with Crippen LogP contribution < -0.4 is 5.32 Å². The molecule has 3 aromatic rings. The van der Waals surface area contributed by atoms with Crippen LogP contribution in [0.25, 0.3) is 11.1 Å². The molecule has 0 radical (unpaired) electrons. The second-order valence-electron chi connectivity index (χ2n) is 11.8. The van der Waals surface area contributed by atoms with Crippen LogP contribution in [-0.2, 0) is 34.1 Å². The van der Waals surface area contributed by atoms with Crippen LogP contribution in [0.1, 0.15) is 43.4 Å². The molecule has 0 amide bonds. The van der Waals surface area contributed by atoms with Crippen molar-refractivity contribution in [2.24, 2.45) is 5.92 Å². The number of hydrogen-bond donors (Lipinski definition) is 3. The summed E-state index contributed by atoms with van der Waals surface area (Å²) in [5.74, 6) is -0.396.